The predicted octanol–water partition coefficient (Wildman–Crippen LogP) is 5.13. The summed E-state index contributed by atoms with van der Waals surface area (Å²) in [5.74, 6) is -2.91. The van der Waals surface area contributed by atoms with E-state index in [9.17, 15) is 30.8 Å². The Labute approximate surface area is 211 Å². The number of carbonyl (C=O) groups is 1. The average molecular weight is 540 g/mol. The molecule has 0 unspecified atom stereocenters. The summed E-state index contributed by atoms with van der Waals surface area (Å²) in [6.45, 7) is -0.748. The van der Waals surface area contributed by atoms with Crippen LogP contribution in [-0.2, 0) is 32.2 Å². The number of aliphatic imine (C=N–C) groups is 1. The monoisotopic (exact) mass is 539 g/mol. The van der Waals surface area contributed by atoms with E-state index in [4.69, 9.17) is 4.74 Å². The highest BCUT2D eigenvalue weighted by molar-refractivity contribution is 7.90. The fourth-order valence-corrected chi connectivity index (χ4v) is 5.44. The van der Waals surface area contributed by atoms with Gasteiger partial charge in [0, 0.05) is 31.4 Å². The van der Waals surface area contributed by atoms with Crippen molar-refractivity contribution in [3.63, 3.8) is 0 Å². The van der Waals surface area contributed by atoms with Gasteiger partial charge in [-0.25, -0.2) is 31.0 Å². The van der Waals surface area contributed by atoms with Gasteiger partial charge in [-0.2, -0.15) is 0 Å². The fraction of sp³-hybridized carbons (Fsp3) is 0.480. The first-order chi connectivity index (χ1) is 17.4. The second kappa shape index (κ2) is 9.46. The lowest BCUT2D eigenvalue weighted by molar-refractivity contribution is -0.145. The number of halogens is 4. The van der Waals surface area contributed by atoms with Gasteiger partial charge in [-0.1, -0.05) is 6.07 Å². The van der Waals surface area contributed by atoms with Gasteiger partial charge < -0.3 is 10.1 Å². The van der Waals surface area contributed by atoms with Crippen molar-refractivity contribution in [3.8, 4) is 0 Å². The molecule has 3 heterocycles. The van der Waals surface area contributed by atoms with Crippen LogP contribution in [0.15, 0.2) is 34.2 Å². The highest BCUT2D eigenvalue weighted by Crippen LogP contribution is 2.41. The maximum Gasteiger partial charge on any atom is 0.277 e. The molecule has 1 atom stereocenters. The van der Waals surface area contributed by atoms with Crippen molar-refractivity contribution in [1.82, 2.24) is 4.98 Å². The van der Waals surface area contributed by atoms with Crippen molar-refractivity contribution in [2.75, 3.05) is 18.2 Å². The van der Waals surface area contributed by atoms with E-state index >= 15 is 0 Å². The topological polar surface area (TPSA) is 97.7 Å². The maximum atomic E-state index is 13.5. The van der Waals surface area contributed by atoms with Crippen LogP contribution in [-0.4, -0.2) is 50.1 Å². The third-order valence-corrected chi connectivity index (χ3v) is 7.81. The smallest absolute Gasteiger partial charge is 0.277 e. The number of anilines is 2. The molecule has 0 amide bonds. The maximum absolute atomic E-state index is 13.5. The first-order valence-corrected chi connectivity index (χ1v) is 13.8. The molecule has 1 saturated heterocycles. The second-order valence-electron chi connectivity index (χ2n) is 9.80. The fourth-order valence-electron chi connectivity index (χ4n) is 4.57. The number of nitrogens with zero attached hydrogens (tertiary/aromatic N) is 2. The van der Waals surface area contributed by atoms with E-state index in [0.717, 1.165) is 19.1 Å². The van der Waals surface area contributed by atoms with Crippen molar-refractivity contribution in [1.29, 1.82) is 0 Å². The summed E-state index contributed by atoms with van der Waals surface area (Å²) in [6, 6.07) is 5.97. The number of ether oxygens (including phenoxy) is 1. The highest BCUT2D eigenvalue weighted by atomic mass is 32.2. The molecule has 0 spiro atoms. The number of sulfone groups is 1. The van der Waals surface area contributed by atoms with Gasteiger partial charge in [0.25, 0.3) is 12.3 Å². The molecule has 12 heteroatoms. The quantitative estimate of drug-likeness (QED) is 0.467. The van der Waals surface area contributed by atoms with Crippen molar-refractivity contribution in [2.24, 2.45) is 10.9 Å². The summed E-state index contributed by atoms with van der Waals surface area (Å²) < 4.78 is 84.4. The van der Waals surface area contributed by atoms with Crippen LogP contribution in [0.5, 0.6) is 0 Å². The molecule has 1 aliphatic carbocycles. The van der Waals surface area contributed by atoms with E-state index in [1.807, 2.05) is 0 Å². The van der Waals surface area contributed by atoms with Crippen molar-refractivity contribution in [2.45, 2.75) is 61.9 Å². The number of rotatable bonds is 8. The van der Waals surface area contributed by atoms with Crippen LogP contribution in [0.3, 0.4) is 0 Å². The molecule has 3 aliphatic rings. The predicted molar refractivity (Wildman–Crippen MR) is 128 cm³/mol. The highest BCUT2D eigenvalue weighted by Gasteiger charge is 2.37. The molecule has 2 aromatic rings. The van der Waals surface area contributed by atoms with Crippen LogP contribution >= 0.6 is 0 Å². The SMILES string of the molecule is CS(=O)(=O)c1cc([C@H]2CCC(F)(F)CO2)ccc1Nc1cc(CC(=O)C2CC2)nc2c1N=C(C(F)F)C2. The van der Waals surface area contributed by atoms with Gasteiger partial charge in [-0.3, -0.25) is 9.78 Å². The molecule has 1 N–H and O–H groups in total. The minimum absolute atomic E-state index is 0.00863. The third-order valence-electron chi connectivity index (χ3n) is 6.68. The number of pyridine rings is 1. The van der Waals surface area contributed by atoms with Gasteiger partial charge in [-0.05, 0) is 43.0 Å². The van der Waals surface area contributed by atoms with Crippen LogP contribution in [0, 0.1) is 5.92 Å². The second-order valence-corrected chi connectivity index (χ2v) is 11.8. The van der Waals surface area contributed by atoms with Crippen LogP contribution in [0.1, 0.15) is 48.7 Å². The summed E-state index contributed by atoms with van der Waals surface area (Å²) in [5.41, 5.74) is 1.33. The molecule has 5 rings (SSSR count). The molecule has 7 nitrogen and oxygen atoms in total. The van der Waals surface area contributed by atoms with Crippen molar-refractivity contribution in [3.05, 3.63) is 41.2 Å². The van der Waals surface area contributed by atoms with E-state index in [0.29, 0.717) is 11.3 Å². The van der Waals surface area contributed by atoms with Gasteiger partial charge in [-0.15, -0.1) is 0 Å². The molecule has 2 aliphatic heterocycles. The van der Waals surface area contributed by atoms with E-state index < -0.39 is 34.9 Å². The Morgan fingerprint density at radius 2 is 1.95 bits per heavy atom. The first kappa shape index (κ1) is 25.8. The van der Waals surface area contributed by atoms with Gasteiger partial charge in [0.2, 0.25) is 0 Å². The molecular formula is C25H25F4N3O4S. The number of hydrogen-bond donors (Lipinski definition) is 1. The zero-order valence-electron chi connectivity index (χ0n) is 19.9. The van der Waals surface area contributed by atoms with Crippen LogP contribution in [0.2, 0.25) is 0 Å². The Hall–Kier alpha value is -2.86. The number of benzene rings is 1. The number of Topliss-reactive ketones (excluding diaryl/α,β-unsaturated/α-hetero) is 1. The standard InChI is InChI=1S/C25H25F4N3O4S/c1-37(34,35)22-8-14(21-6-7-25(28,29)12-36-21)4-5-16(22)31-17-9-15(10-20(33)13-2-3-13)30-18-11-19(24(26)27)32-23(17)18/h4-5,8-9,13,21,24H,2-3,6-7,10-12H2,1H3,(H,30,31)/t21-/m1/s1. The van der Waals surface area contributed by atoms with Crippen LogP contribution in [0.25, 0.3) is 0 Å². The molecule has 198 valence electrons. The van der Waals surface area contributed by atoms with Gasteiger partial charge in [0.1, 0.15) is 18.1 Å². The van der Waals surface area contributed by atoms with Gasteiger partial charge in [0.15, 0.2) is 9.84 Å². The van der Waals surface area contributed by atoms with Crippen molar-refractivity contribution < 1.29 is 35.5 Å². The molecular weight excluding hydrogens is 514 g/mol. The van der Waals surface area contributed by atoms with E-state index in [1.165, 1.54) is 18.2 Å². The molecule has 1 aromatic carbocycles. The number of fused-ring (bicyclic) bond motifs is 1. The number of alkyl halides is 4. The Morgan fingerprint density at radius 3 is 2.57 bits per heavy atom. The van der Waals surface area contributed by atoms with Crippen LogP contribution in [0.4, 0.5) is 34.6 Å². The summed E-state index contributed by atoms with van der Waals surface area (Å²) in [6.07, 6.45) is -1.29. The molecule has 0 bridgehead atoms. The molecule has 0 radical (unpaired) electrons. The minimum Gasteiger partial charge on any atom is -0.367 e. The lowest BCUT2D eigenvalue weighted by atomic mass is 9.99. The number of hydrogen-bond acceptors (Lipinski definition) is 7. The summed E-state index contributed by atoms with van der Waals surface area (Å²) >= 11 is 0. The number of ketones is 1. The van der Waals surface area contributed by atoms with E-state index in [2.05, 4.69) is 15.3 Å². The Bertz CT molecular complexity index is 1380. The Kier molecular flexibility index (Phi) is 6.59. The third kappa shape index (κ3) is 5.69. The zero-order chi connectivity index (χ0) is 26.5. The number of nitrogens with one attached hydrogen (secondary N) is 1. The van der Waals surface area contributed by atoms with E-state index in [-0.39, 0.29) is 70.7 Å². The van der Waals surface area contributed by atoms with Gasteiger partial charge >= 0.3 is 0 Å². The molecule has 2 fully saturated rings. The summed E-state index contributed by atoms with van der Waals surface area (Å²) in [7, 11) is -3.80. The molecule has 1 saturated carbocycles. The Morgan fingerprint density at radius 1 is 1.19 bits per heavy atom. The van der Waals surface area contributed by atoms with Crippen molar-refractivity contribution >= 4 is 38.4 Å². The van der Waals surface area contributed by atoms with Gasteiger partial charge in [0.05, 0.1) is 39.5 Å². The Balaban J connectivity index is 1.50. The number of carbonyl (C=O) groups excluding carboxylic acids is 1. The number of aromatic nitrogens is 1. The molecule has 1 aromatic heterocycles. The first-order valence-electron chi connectivity index (χ1n) is 11.9. The summed E-state index contributed by atoms with van der Waals surface area (Å²) in [5, 5.41) is 3.00. The van der Waals surface area contributed by atoms with Crippen LogP contribution < -0.4 is 5.32 Å². The average Bonchev–Trinajstić information content (AvgIpc) is 3.58. The lowest BCUT2D eigenvalue weighted by Crippen LogP contribution is -2.31. The zero-order valence-corrected chi connectivity index (χ0v) is 20.8. The largest absolute Gasteiger partial charge is 0.367 e. The van der Waals surface area contributed by atoms with E-state index in [1.54, 1.807) is 6.07 Å². The molecule has 37 heavy (non-hydrogen) atoms. The summed E-state index contributed by atoms with van der Waals surface area (Å²) in [4.78, 5) is 20.7. The lowest BCUT2D eigenvalue weighted by Gasteiger charge is -2.29. The minimum atomic E-state index is -3.80. The normalized spacial score (nSPS) is 21.0.